The van der Waals surface area contributed by atoms with Crippen LogP contribution < -0.4 is 4.72 Å². The summed E-state index contributed by atoms with van der Waals surface area (Å²) >= 11 is 3.33. The van der Waals surface area contributed by atoms with E-state index in [-0.39, 0.29) is 10.6 Å². The monoisotopic (exact) mass is 355 g/mol. The van der Waals surface area contributed by atoms with Crippen LogP contribution in [0.2, 0.25) is 0 Å². The molecule has 0 aliphatic rings. The van der Waals surface area contributed by atoms with E-state index in [1.807, 2.05) is 6.92 Å². The van der Waals surface area contributed by atoms with Gasteiger partial charge in [0.15, 0.2) is 0 Å². The molecule has 0 amide bonds. The van der Waals surface area contributed by atoms with Crippen molar-refractivity contribution >= 4 is 31.6 Å². The summed E-state index contributed by atoms with van der Waals surface area (Å²) in [7, 11) is -3.66. The number of hydrogen-bond acceptors (Lipinski definition) is 3. The smallest absolute Gasteiger partial charge is 0.261 e. The number of hydrogen-bond donors (Lipinski definition) is 2. The highest BCUT2D eigenvalue weighted by atomic mass is 79.9. The molecule has 0 unspecified atom stereocenters. The number of rotatable bonds is 3. The number of aryl methyl sites for hydroxylation is 2. The molecule has 0 fully saturated rings. The van der Waals surface area contributed by atoms with Crippen molar-refractivity contribution in [2.45, 2.75) is 18.7 Å². The third kappa shape index (κ3) is 3.13. The highest BCUT2D eigenvalue weighted by molar-refractivity contribution is 9.10. The van der Waals surface area contributed by atoms with E-state index in [9.17, 15) is 13.5 Å². The number of benzene rings is 2. The van der Waals surface area contributed by atoms with Gasteiger partial charge in [0.1, 0.15) is 5.75 Å². The van der Waals surface area contributed by atoms with Crippen LogP contribution in [-0.4, -0.2) is 13.5 Å². The minimum Gasteiger partial charge on any atom is -0.508 e. The van der Waals surface area contributed by atoms with E-state index in [4.69, 9.17) is 0 Å². The van der Waals surface area contributed by atoms with Crippen LogP contribution in [0.1, 0.15) is 11.1 Å². The molecule has 0 aliphatic heterocycles. The lowest BCUT2D eigenvalue weighted by Gasteiger charge is -2.10. The molecule has 20 heavy (non-hydrogen) atoms. The van der Waals surface area contributed by atoms with Crippen molar-refractivity contribution in [3.05, 3.63) is 52.0 Å². The van der Waals surface area contributed by atoms with E-state index in [1.165, 1.54) is 12.1 Å². The van der Waals surface area contributed by atoms with Crippen LogP contribution in [0.25, 0.3) is 0 Å². The third-order valence-electron chi connectivity index (χ3n) is 2.90. The van der Waals surface area contributed by atoms with Gasteiger partial charge in [0.2, 0.25) is 0 Å². The SMILES string of the molecule is Cc1ccc(NS(=O)(=O)c2ccc(Br)c(C)c2)cc1O. The Labute approximate surface area is 126 Å². The van der Waals surface area contributed by atoms with Gasteiger partial charge in [0.25, 0.3) is 10.0 Å². The van der Waals surface area contributed by atoms with Crippen molar-refractivity contribution in [3.8, 4) is 5.75 Å². The van der Waals surface area contributed by atoms with Crippen molar-refractivity contribution in [1.82, 2.24) is 0 Å². The van der Waals surface area contributed by atoms with Gasteiger partial charge in [-0.15, -0.1) is 0 Å². The van der Waals surface area contributed by atoms with E-state index < -0.39 is 10.0 Å². The normalized spacial score (nSPS) is 11.3. The van der Waals surface area contributed by atoms with Gasteiger partial charge in [-0.05, 0) is 49.2 Å². The van der Waals surface area contributed by atoms with E-state index in [0.29, 0.717) is 11.3 Å². The molecule has 0 radical (unpaired) electrons. The number of phenolic OH excluding ortho intramolecular Hbond substituents is 1. The zero-order valence-corrected chi connectivity index (χ0v) is 13.4. The number of aromatic hydroxyl groups is 1. The minimum atomic E-state index is -3.66. The van der Waals surface area contributed by atoms with Crippen LogP contribution >= 0.6 is 15.9 Å². The average Bonchev–Trinajstić information content (AvgIpc) is 2.37. The van der Waals surface area contributed by atoms with Gasteiger partial charge in [-0.2, -0.15) is 0 Å². The summed E-state index contributed by atoms with van der Waals surface area (Å²) in [5.74, 6) is 0.0530. The number of phenols is 1. The Kier molecular flexibility index (Phi) is 4.06. The molecule has 2 aromatic rings. The fourth-order valence-electron chi connectivity index (χ4n) is 1.67. The first-order valence-corrected chi connectivity index (χ1v) is 8.16. The molecule has 2 N–H and O–H groups in total. The van der Waals surface area contributed by atoms with Gasteiger partial charge in [-0.1, -0.05) is 22.0 Å². The van der Waals surface area contributed by atoms with Crippen LogP contribution in [0, 0.1) is 13.8 Å². The van der Waals surface area contributed by atoms with Crippen molar-refractivity contribution in [2.24, 2.45) is 0 Å². The topological polar surface area (TPSA) is 66.4 Å². The standard InChI is InChI=1S/C14H14BrNO3S/c1-9-3-4-11(8-14(9)17)16-20(18,19)12-5-6-13(15)10(2)7-12/h3-8,16-17H,1-2H3. The van der Waals surface area contributed by atoms with E-state index >= 15 is 0 Å². The predicted octanol–water partition coefficient (Wildman–Crippen LogP) is 3.57. The van der Waals surface area contributed by atoms with Crippen molar-refractivity contribution < 1.29 is 13.5 Å². The molecule has 2 aromatic carbocycles. The van der Waals surface area contributed by atoms with Gasteiger partial charge in [-0.3, -0.25) is 4.72 Å². The molecule has 2 rings (SSSR count). The Morgan fingerprint density at radius 1 is 1.05 bits per heavy atom. The molecular formula is C14H14BrNO3S. The Balaban J connectivity index is 2.35. The Hall–Kier alpha value is -1.53. The van der Waals surface area contributed by atoms with Crippen LogP contribution in [-0.2, 0) is 10.0 Å². The molecule has 106 valence electrons. The van der Waals surface area contributed by atoms with Crippen molar-refractivity contribution in [2.75, 3.05) is 4.72 Å². The molecule has 0 aromatic heterocycles. The highest BCUT2D eigenvalue weighted by Crippen LogP contribution is 2.25. The Bertz CT molecular complexity index is 757. The fraction of sp³-hybridized carbons (Fsp3) is 0.143. The Morgan fingerprint density at radius 2 is 1.75 bits per heavy atom. The first kappa shape index (κ1) is 14.9. The second kappa shape index (κ2) is 5.46. The van der Waals surface area contributed by atoms with Crippen LogP contribution in [0.3, 0.4) is 0 Å². The first-order chi connectivity index (χ1) is 9.29. The van der Waals surface area contributed by atoms with Gasteiger partial charge in [0.05, 0.1) is 10.6 Å². The largest absolute Gasteiger partial charge is 0.508 e. The van der Waals surface area contributed by atoms with Crippen LogP contribution in [0.4, 0.5) is 5.69 Å². The zero-order valence-electron chi connectivity index (χ0n) is 11.0. The molecule has 0 bridgehead atoms. The molecule has 0 spiro atoms. The summed E-state index contributed by atoms with van der Waals surface area (Å²) in [6.45, 7) is 3.56. The zero-order chi connectivity index (χ0) is 14.9. The maximum absolute atomic E-state index is 12.3. The summed E-state index contributed by atoms with van der Waals surface area (Å²) in [6, 6.07) is 9.45. The lowest BCUT2D eigenvalue weighted by molar-refractivity contribution is 0.471. The molecular weight excluding hydrogens is 342 g/mol. The van der Waals surface area contributed by atoms with Crippen LogP contribution in [0.15, 0.2) is 45.8 Å². The molecule has 6 heteroatoms. The minimum absolute atomic E-state index is 0.0530. The fourth-order valence-corrected chi connectivity index (χ4v) is 3.05. The molecule has 4 nitrogen and oxygen atoms in total. The quantitative estimate of drug-likeness (QED) is 0.884. The maximum atomic E-state index is 12.3. The summed E-state index contributed by atoms with van der Waals surface area (Å²) in [5.41, 5.74) is 1.85. The van der Waals surface area contributed by atoms with E-state index in [0.717, 1.165) is 10.0 Å². The number of nitrogens with one attached hydrogen (secondary N) is 1. The van der Waals surface area contributed by atoms with Crippen molar-refractivity contribution in [3.63, 3.8) is 0 Å². The van der Waals surface area contributed by atoms with E-state index in [1.54, 1.807) is 31.2 Å². The third-order valence-corrected chi connectivity index (χ3v) is 5.17. The lowest BCUT2D eigenvalue weighted by Crippen LogP contribution is -2.13. The Morgan fingerprint density at radius 3 is 2.35 bits per heavy atom. The predicted molar refractivity (Wildman–Crippen MR) is 82.5 cm³/mol. The maximum Gasteiger partial charge on any atom is 0.261 e. The summed E-state index contributed by atoms with van der Waals surface area (Å²) in [6.07, 6.45) is 0. The van der Waals surface area contributed by atoms with Gasteiger partial charge in [0, 0.05) is 10.5 Å². The molecule has 0 saturated carbocycles. The second-order valence-electron chi connectivity index (χ2n) is 4.52. The van der Waals surface area contributed by atoms with E-state index in [2.05, 4.69) is 20.7 Å². The first-order valence-electron chi connectivity index (χ1n) is 5.88. The van der Waals surface area contributed by atoms with Gasteiger partial charge in [-0.25, -0.2) is 8.42 Å². The molecule has 0 atom stereocenters. The number of anilines is 1. The second-order valence-corrected chi connectivity index (χ2v) is 7.05. The van der Waals surface area contributed by atoms with Crippen molar-refractivity contribution in [1.29, 1.82) is 0 Å². The molecule has 0 saturated heterocycles. The number of sulfonamides is 1. The summed E-state index contributed by atoms with van der Waals surface area (Å²) in [4.78, 5) is 0.179. The van der Waals surface area contributed by atoms with Gasteiger partial charge < -0.3 is 5.11 Å². The van der Waals surface area contributed by atoms with Crippen LogP contribution in [0.5, 0.6) is 5.75 Å². The summed E-state index contributed by atoms with van der Waals surface area (Å²) in [5, 5.41) is 9.61. The lowest BCUT2D eigenvalue weighted by atomic mass is 10.2. The molecule has 0 heterocycles. The number of halogens is 1. The summed E-state index contributed by atoms with van der Waals surface area (Å²) < 4.78 is 27.8. The van der Waals surface area contributed by atoms with Gasteiger partial charge >= 0.3 is 0 Å². The highest BCUT2D eigenvalue weighted by Gasteiger charge is 2.15. The molecule has 0 aliphatic carbocycles. The average molecular weight is 356 g/mol.